The monoisotopic (exact) mass is 221 g/mol. The molecule has 0 atom stereocenters. The van der Waals surface area contributed by atoms with E-state index >= 15 is 0 Å². The van der Waals surface area contributed by atoms with Crippen LogP contribution in [0.5, 0.6) is 5.75 Å². The molecule has 0 amide bonds. The Morgan fingerprint density at radius 3 is 2.56 bits per heavy atom. The van der Waals surface area contributed by atoms with Crippen LogP contribution >= 0.6 is 0 Å². The zero-order valence-electron chi connectivity index (χ0n) is 10.6. The van der Waals surface area contributed by atoms with Crippen molar-refractivity contribution in [2.45, 2.75) is 46.5 Å². The Bertz CT molecular complexity index is 334. The van der Waals surface area contributed by atoms with E-state index in [1.165, 1.54) is 25.7 Å². The molecule has 0 saturated carbocycles. The number of anilines is 1. The number of hydrogen-bond acceptors (Lipinski definition) is 2. The Morgan fingerprint density at radius 2 is 1.88 bits per heavy atom. The van der Waals surface area contributed by atoms with Gasteiger partial charge in [-0.1, -0.05) is 32.3 Å². The van der Waals surface area contributed by atoms with Crippen LogP contribution in [0, 0.1) is 13.8 Å². The molecule has 0 aliphatic rings. The highest BCUT2D eigenvalue weighted by atomic mass is 16.3. The molecule has 0 fully saturated rings. The average molecular weight is 221 g/mol. The molecule has 0 bridgehead atoms. The van der Waals surface area contributed by atoms with Crippen LogP contribution in [0.25, 0.3) is 0 Å². The maximum Gasteiger partial charge on any atom is 0.123 e. The van der Waals surface area contributed by atoms with E-state index in [1.807, 2.05) is 26.0 Å². The highest BCUT2D eigenvalue weighted by molar-refractivity contribution is 5.58. The Kier molecular flexibility index (Phi) is 5.17. The van der Waals surface area contributed by atoms with Crippen LogP contribution in [0.2, 0.25) is 0 Å². The summed E-state index contributed by atoms with van der Waals surface area (Å²) in [5, 5.41) is 13.2. The minimum absolute atomic E-state index is 0.415. The smallest absolute Gasteiger partial charge is 0.123 e. The summed E-state index contributed by atoms with van der Waals surface area (Å²) < 4.78 is 0. The molecule has 2 N–H and O–H groups in total. The van der Waals surface area contributed by atoms with E-state index in [1.54, 1.807) is 0 Å². The van der Waals surface area contributed by atoms with Crippen molar-refractivity contribution in [1.29, 1.82) is 0 Å². The van der Waals surface area contributed by atoms with Gasteiger partial charge in [-0.2, -0.15) is 0 Å². The van der Waals surface area contributed by atoms with Crippen LogP contribution in [-0.4, -0.2) is 11.7 Å². The van der Waals surface area contributed by atoms with Crippen molar-refractivity contribution in [1.82, 2.24) is 0 Å². The fraction of sp³-hybridized carbons (Fsp3) is 0.571. The normalized spacial score (nSPS) is 10.4. The summed E-state index contributed by atoms with van der Waals surface area (Å²) in [5.74, 6) is 0.415. The van der Waals surface area contributed by atoms with Crippen LogP contribution in [0.15, 0.2) is 12.1 Å². The lowest BCUT2D eigenvalue weighted by molar-refractivity contribution is 0.467. The highest BCUT2D eigenvalue weighted by Gasteiger charge is 2.04. The third kappa shape index (κ3) is 3.44. The van der Waals surface area contributed by atoms with E-state index < -0.39 is 0 Å². The Labute approximate surface area is 98.7 Å². The number of rotatable bonds is 6. The number of aryl methyl sites for hydroxylation is 1. The molecule has 0 aromatic heterocycles. The molecule has 90 valence electrons. The zero-order chi connectivity index (χ0) is 12.0. The Hall–Kier alpha value is -1.18. The molecule has 16 heavy (non-hydrogen) atoms. The fourth-order valence-electron chi connectivity index (χ4n) is 1.80. The van der Waals surface area contributed by atoms with E-state index in [4.69, 9.17) is 0 Å². The molecule has 0 radical (unpaired) electrons. The summed E-state index contributed by atoms with van der Waals surface area (Å²) in [4.78, 5) is 0. The predicted octanol–water partition coefficient (Wildman–Crippen LogP) is 4.00. The first-order chi connectivity index (χ1) is 7.66. The van der Waals surface area contributed by atoms with Crippen LogP contribution in [0.4, 0.5) is 5.69 Å². The highest BCUT2D eigenvalue weighted by Crippen LogP contribution is 2.27. The minimum Gasteiger partial charge on any atom is -0.507 e. The van der Waals surface area contributed by atoms with Crippen molar-refractivity contribution >= 4 is 5.69 Å². The second kappa shape index (κ2) is 6.41. The number of nitrogens with one attached hydrogen (secondary N) is 1. The molecule has 0 saturated heterocycles. The van der Waals surface area contributed by atoms with Gasteiger partial charge in [0.25, 0.3) is 0 Å². The number of unbranched alkanes of at least 4 members (excludes halogenated alkanes) is 3. The second-order valence-electron chi connectivity index (χ2n) is 4.39. The van der Waals surface area contributed by atoms with Gasteiger partial charge in [-0.15, -0.1) is 0 Å². The lowest BCUT2D eigenvalue weighted by atomic mass is 10.1. The maximum atomic E-state index is 9.79. The minimum atomic E-state index is 0.415. The standard InChI is InChI=1S/C14H23NO/c1-4-5-6-7-10-15-13-9-8-11(2)14(16)12(13)3/h8-9,15-16H,4-7,10H2,1-3H3. The SMILES string of the molecule is CCCCCCNc1ccc(C)c(O)c1C. The Balaban J connectivity index is 2.45. The molecule has 0 aliphatic heterocycles. The number of benzene rings is 1. The number of hydrogen-bond donors (Lipinski definition) is 2. The van der Waals surface area contributed by atoms with Gasteiger partial charge in [-0.25, -0.2) is 0 Å². The number of phenols is 1. The zero-order valence-corrected chi connectivity index (χ0v) is 10.6. The number of phenolic OH excluding ortho intramolecular Hbond substituents is 1. The topological polar surface area (TPSA) is 32.3 Å². The maximum absolute atomic E-state index is 9.79. The third-order valence-corrected chi connectivity index (χ3v) is 2.98. The van der Waals surface area contributed by atoms with Crippen molar-refractivity contribution in [2.24, 2.45) is 0 Å². The summed E-state index contributed by atoms with van der Waals surface area (Å²) in [6.07, 6.45) is 5.05. The van der Waals surface area contributed by atoms with E-state index in [0.29, 0.717) is 5.75 Å². The first-order valence-electron chi connectivity index (χ1n) is 6.19. The third-order valence-electron chi connectivity index (χ3n) is 2.98. The van der Waals surface area contributed by atoms with Crippen molar-refractivity contribution < 1.29 is 5.11 Å². The van der Waals surface area contributed by atoms with Crippen LogP contribution in [-0.2, 0) is 0 Å². The molecule has 0 unspecified atom stereocenters. The van der Waals surface area contributed by atoms with E-state index in [9.17, 15) is 5.11 Å². The first-order valence-corrected chi connectivity index (χ1v) is 6.19. The molecule has 0 spiro atoms. The molecular formula is C14H23NO. The molecule has 1 aromatic rings. The summed E-state index contributed by atoms with van der Waals surface area (Å²) in [6.45, 7) is 7.09. The van der Waals surface area contributed by atoms with Gasteiger partial charge in [-0.3, -0.25) is 0 Å². The average Bonchev–Trinajstić information content (AvgIpc) is 2.28. The van der Waals surface area contributed by atoms with Crippen molar-refractivity contribution in [3.8, 4) is 5.75 Å². The van der Waals surface area contributed by atoms with Crippen molar-refractivity contribution in [3.05, 3.63) is 23.3 Å². The van der Waals surface area contributed by atoms with Gasteiger partial charge in [-0.05, 0) is 31.9 Å². The number of aromatic hydroxyl groups is 1. The molecule has 1 rings (SSSR count). The predicted molar refractivity (Wildman–Crippen MR) is 70.2 cm³/mol. The molecule has 0 aliphatic carbocycles. The quantitative estimate of drug-likeness (QED) is 0.712. The first kappa shape index (κ1) is 12.9. The van der Waals surface area contributed by atoms with Crippen molar-refractivity contribution in [2.75, 3.05) is 11.9 Å². The van der Waals surface area contributed by atoms with Crippen LogP contribution in [0.3, 0.4) is 0 Å². The second-order valence-corrected chi connectivity index (χ2v) is 4.39. The van der Waals surface area contributed by atoms with E-state index in [0.717, 1.165) is 23.4 Å². The molecule has 2 nitrogen and oxygen atoms in total. The summed E-state index contributed by atoms with van der Waals surface area (Å²) in [7, 11) is 0. The van der Waals surface area contributed by atoms with Gasteiger partial charge in [0.1, 0.15) is 5.75 Å². The Morgan fingerprint density at radius 1 is 1.12 bits per heavy atom. The summed E-state index contributed by atoms with van der Waals surface area (Å²) >= 11 is 0. The van der Waals surface area contributed by atoms with Gasteiger partial charge in [0.2, 0.25) is 0 Å². The molecule has 0 heterocycles. The lowest BCUT2D eigenvalue weighted by Gasteiger charge is -2.12. The van der Waals surface area contributed by atoms with Gasteiger partial charge in [0.05, 0.1) is 0 Å². The van der Waals surface area contributed by atoms with Crippen molar-refractivity contribution in [3.63, 3.8) is 0 Å². The summed E-state index contributed by atoms with van der Waals surface area (Å²) in [5.41, 5.74) is 2.95. The van der Waals surface area contributed by atoms with Gasteiger partial charge < -0.3 is 10.4 Å². The molecule has 1 aromatic carbocycles. The van der Waals surface area contributed by atoms with Crippen LogP contribution < -0.4 is 5.32 Å². The van der Waals surface area contributed by atoms with Gasteiger partial charge in [0, 0.05) is 17.8 Å². The summed E-state index contributed by atoms with van der Waals surface area (Å²) in [6, 6.07) is 4.00. The van der Waals surface area contributed by atoms with Gasteiger partial charge >= 0.3 is 0 Å². The van der Waals surface area contributed by atoms with E-state index in [2.05, 4.69) is 12.2 Å². The van der Waals surface area contributed by atoms with Crippen LogP contribution in [0.1, 0.15) is 43.7 Å². The molecular weight excluding hydrogens is 198 g/mol. The fourth-order valence-corrected chi connectivity index (χ4v) is 1.80. The van der Waals surface area contributed by atoms with E-state index in [-0.39, 0.29) is 0 Å². The lowest BCUT2D eigenvalue weighted by Crippen LogP contribution is -2.03. The molecule has 2 heteroatoms. The van der Waals surface area contributed by atoms with Gasteiger partial charge in [0.15, 0.2) is 0 Å². The largest absolute Gasteiger partial charge is 0.507 e.